The molecule has 0 saturated heterocycles. The topological polar surface area (TPSA) is 46.9 Å². The maximum atomic E-state index is 13.9. The zero-order valence-electron chi connectivity index (χ0n) is 12.6. The maximum Gasteiger partial charge on any atom is 0.416 e. The van der Waals surface area contributed by atoms with Gasteiger partial charge >= 0.3 is 12.1 Å². The van der Waals surface area contributed by atoms with Gasteiger partial charge in [-0.25, -0.2) is 4.98 Å². The van der Waals surface area contributed by atoms with E-state index < -0.39 is 29.4 Å². The lowest BCUT2D eigenvalue weighted by Crippen LogP contribution is -2.40. The van der Waals surface area contributed by atoms with E-state index in [9.17, 15) is 26.7 Å². The highest BCUT2D eigenvalue weighted by Crippen LogP contribution is 2.29. The Morgan fingerprint density at radius 3 is 2.29 bits per heavy atom. The molecular formula is C15H14F5N3O. The Labute approximate surface area is 134 Å². The lowest BCUT2D eigenvalue weighted by molar-refractivity contribution is -0.148. The van der Waals surface area contributed by atoms with Crippen LogP contribution >= 0.6 is 0 Å². The Morgan fingerprint density at radius 1 is 1.17 bits per heavy atom. The molecule has 0 bridgehead atoms. The minimum absolute atomic E-state index is 0.126. The molecule has 1 aromatic heterocycles. The van der Waals surface area contributed by atoms with Crippen LogP contribution in [0.5, 0.6) is 0 Å². The molecule has 0 aliphatic carbocycles. The fourth-order valence-electron chi connectivity index (χ4n) is 2.06. The summed E-state index contributed by atoms with van der Waals surface area (Å²) in [5.74, 6) is -5.99. The lowest BCUT2D eigenvalue weighted by atomic mass is 10.1. The van der Waals surface area contributed by atoms with Crippen LogP contribution in [0.4, 0.5) is 22.0 Å². The van der Waals surface area contributed by atoms with Crippen molar-refractivity contribution in [1.82, 2.24) is 14.9 Å². The number of imidazole rings is 1. The third-order valence-corrected chi connectivity index (χ3v) is 3.37. The molecule has 0 saturated carbocycles. The molecular weight excluding hydrogens is 333 g/mol. The van der Waals surface area contributed by atoms with Crippen LogP contribution in [0.25, 0.3) is 0 Å². The molecule has 0 spiro atoms. The average molecular weight is 347 g/mol. The highest BCUT2D eigenvalue weighted by molar-refractivity contribution is 5.83. The van der Waals surface area contributed by atoms with Crippen molar-refractivity contribution in [2.24, 2.45) is 7.05 Å². The van der Waals surface area contributed by atoms with Gasteiger partial charge in [0.2, 0.25) is 0 Å². The predicted molar refractivity (Wildman–Crippen MR) is 75.3 cm³/mol. The summed E-state index contributed by atoms with van der Waals surface area (Å²) in [6.07, 6.45) is -1.87. The van der Waals surface area contributed by atoms with Crippen LogP contribution in [0, 0.1) is 0 Å². The van der Waals surface area contributed by atoms with Crippen molar-refractivity contribution in [3.8, 4) is 0 Å². The second-order valence-corrected chi connectivity index (χ2v) is 5.14. The van der Waals surface area contributed by atoms with Crippen molar-refractivity contribution in [2.75, 3.05) is 6.54 Å². The van der Waals surface area contributed by atoms with Crippen molar-refractivity contribution in [3.63, 3.8) is 0 Å². The first-order chi connectivity index (χ1) is 11.1. The third-order valence-electron chi connectivity index (χ3n) is 3.37. The summed E-state index contributed by atoms with van der Waals surface area (Å²) in [7, 11) is 1.34. The highest BCUT2D eigenvalue weighted by atomic mass is 19.4. The molecule has 1 amide bonds. The van der Waals surface area contributed by atoms with Gasteiger partial charge in [-0.1, -0.05) is 12.1 Å². The zero-order valence-corrected chi connectivity index (χ0v) is 12.6. The molecule has 0 aliphatic rings. The number of carbonyl (C=O) groups is 1. The first-order valence-corrected chi connectivity index (χ1v) is 6.92. The smallest absolute Gasteiger partial charge is 0.350 e. The van der Waals surface area contributed by atoms with Crippen LogP contribution in [-0.4, -0.2) is 22.0 Å². The number of hydrogen-bond acceptors (Lipinski definition) is 2. The van der Waals surface area contributed by atoms with E-state index in [1.54, 1.807) is 0 Å². The Kier molecular flexibility index (Phi) is 4.91. The van der Waals surface area contributed by atoms with Gasteiger partial charge in [0.1, 0.15) is 0 Å². The first-order valence-electron chi connectivity index (χ1n) is 6.92. The Bertz CT molecular complexity index is 707. The Morgan fingerprint density at radius 2 is 1.79 bits per heavy atom. The summed E-state index contributed by atoms with van der Waals surface area (Å²) in [5.41, 5.74) is -0.305. The van der Waals surface area contributed by atoms with Gasteiger partial charge < -0.3 is 9.88 Å². The number of nitrogens with one attached hydrogen (secondary N) is 1. The molecule has 9 heteroatoms. The molecule has 4 nitrogen and oxygen atoms in total. The molecule has 24 heavy (non-hydrogen) atoms. The Balaban J connectivity index is 1.92. The molecule has 1 heterocycles. The second-order valence-electron chi connectivity index (χ2n) is 5.14. The summed E-state index contributed by atoms with van der Waals surface area (Å²) in [5, 5.41) is 2.07. The number of amides is 1. The number of rotatable bonds is 5. The van der Waals surface area contributed by atoms with Crippen LogP contribution in [0.1, 0.15) is 17.0 Å². The van der Waals surface area contributed by atoms with Gasteiger partial charge in [0.05, 0.1) is 5.56 Å². The van der Waals surface area contributed by atoms with E-state index in [1.165, 1.54) is 25.4 Å². The van der Waals surface area contributed by atoms with Gasteiger partial charge in [-0.2, -0.15) is 22.0 Å². The molecule has 0 atom stereocenters. The number of nitrogens with zero attached hydrogens (tertiary/aromatic N) is 2. The molecule has 0 aliphatic heterocycles. The van der Waals surface area contributed by atoms with Crippen molar-refractivity contribution >= 4 is 5.91 Å². The van der Waals surface area contributed by atoms with Crippen LogP contribution in [0.15, 0.2) is 36.7 Å². The van der Waals surface area contributed by atoms with Crippen molar-refractivity contribution in [1.29, 1.82) is 0 Å². The normalized spacial score (nSPS) is 12.2. The number of benzene rings is 1. The van der Waals surface area contributed by atoms with E-state index in [0.29, 0.717) is 5.56 Å². The van der Waals surface area contributed by atoms with E-state index in [1.807, 2.05) is 0 Å². The number of halogens is 5. The van der Waals surface area contributed by atoms with Gasteiger partial charge in [-0.05, 0) is 24.1 Å². The molecule has 2 aromatic rings. The van der Waals surface area contributed by atoms with E-state index in [2.05, 4.69) is 10.3 Å². The minimum Gasteiger partial charge on any atom is -0.350 e. The fraction of sp³-hybridized carbons (Fsp3) is 0.333. The van der Waals surface area contributed by atoms with Gasteiger partial charge in [0.15, 0.2) is 5.82 Å². The predicted octanol–water partition coefficient (Wildman–Crippen LogP) is 2.89. The summed E-state index contributed by atoms with van der Waals surface area (Å²) >= 11 is 0. The van der Waals surface area contributed by atoms with Gasteiger partial charge in [0.25, 0.3) is 5.91 Å². The maximum absolute atomic E-state index is 13.9. The van der Waals surface area contributed by atoms with Crippen molar-refractivity contribution < 1.29 is 26.7 Å². The average Bonchev–Trinajstić information content (AvgIpc) is 2.93. The monoisotopic (exact) mass is 347 g/mol. The number of aryl methyl sites for hydroxylation is 1. The first kappa shape index (κ1) is 17.9. The fourth-order valence-corrected chi connectivity index (χ4v) is 2.06. The second kappa shape index (κ2) is 6.58. The van der Waals surface area contributed by atoms with Crippen molar-refractivity contribution in [3.05, 3.63) is 53.6 Å². The van der Waals surface area contributed by atoms with E-state index in [4.69, 9.17) is 0 Å². The quantitative estimate of drug-likeness (QED) is 0.846. The standard InChI is InChI=1S/C15H14F5N3O/c1-23-9-8-21-12(23)14(16,17)13(24)22-7-6-10-2-4-11(5-3-10)15(18,19)20/h2-5,8-9H,6-7H2,1H3,(H,22,24). The molecule has 130 valence electrons. The van der Waals surface area contributed by atoms with Gasteiger partial charge in [-0.3, -0.25) is 4.79 Å². The molecule has 1 N–H and O–H groups in total. The number of alkyl halides is 5. The Hall–Kier alpha value is -2.45. The molecule has 0 unspecified atom stereocenters. The SMILES string of the molecule is Cn1ccnc1C(F)(F)C(=O)NCCc1ccc(C(F)(F)F)cc1. The number of hydrogen-bond donors (Lipinski definition) is 1. The van der Waals surface area contributed by atoms with Gasteiger partial charge in [0, 0.05) is 26.0 Å². The van der Waals surface area contributed by atoms with Crippen molar-refractivity contribution in [2.45, 2.75) is 18.5 Å². The van der Waals surface area contributed by atoms with E-state index in [-0.39, 0.29) is 13.0 Å². The van der Waals surface area contributed by atoms with Crippen LogP contribution < -0.4 is 5.32 Å². The zero-order chi connectivity index (χ0) is 18.0. The highest BCUT2D eigenvalue weighted by Gasteiger charge is 2.44. The number of carbonyl (C=O) groups excluding carboxylic acids is 1. The van der Waals surface area contributed by atoms with E-state index in [0.717, 1.165) is 22.9 Å². The summed E-state index contributed by atoms with van der Waals surface area (Å²) in [6, 6.07) is 4.29. The third kappa shape index (κ3) is 3.90. The lowest BCUT2D eigenvalue weighted by Gasteiger charge is -2.15. The van der Waals surface area contributed by atoms with E-state index >= 15 is 0 Å². The molecule has 2 rings (SSSR count). The molecule has 0 radical (unpaired) electrons. The summed E-state index contributed by atoms with van der Waals surface area (Å²) in [6.45, 7) is -0.135. The van der Waals surface area contributed by atoms with Gasteiger partial charge in [-0.15, -0.1) is 0 Å². The summed E-state index contributed by atoms with van der Waals surface area (Å²) < 4.78 is 66.2. The summed E-state index contributed by atoms with van der Waals surface area (Å²) in [4.78, 5) is 15.1. The number of aromatic nitrogens is 2. The van der Waals surface area contributed by atoms with Crippen LogP contribution in [0.2, 0.25) is 0 Å². The largest absolute Gasteiger partial charge is 0.416 e. The molecule has 1 aromatic carbocycles. The minimum atomic E-state index is -4.43. The molecule has 0 fully saturated rings. The van der Waals surface area contributed by atoms with Crippen LogP contribution in [0.3, 0.4) is 0 Å². The van der Waals surface area contributed by atoms with Crippen LogP contribution in [-0.2, 0) is 30.4 Å².